The number of hydrogen-bond acceptors (Lipinski definition) is 0. The van der Waals surface area contributed by atoms with Crippen LogP contribution in [0.25, 0.3) is 0 Å². The van der Waals surface area contributed by atoms with Gasteiger partial charge in [-0.05, 0) is 22.0 Å². The smallest absolute Gasteiger partial charge is 0.173 e. The molecule has 0 aromatic heterocycles. The molecule has 0 aliphatic rings. The van der Waals surface area contributed by atoms with Crippen LogP contribution in [0.3, 0.4) is 0 Å². The maximum Gasteiger partial charge on any atom is 0.173 e. The molecule has 0 saturated carbocycles. The summed E-state index contributed by atoms with van der Waals surface area (Å²) in [7, 11) is 0. The first-order valence-corrected chi connectivity index (χ1v) is 4.54. The molecule has 0 fully saturated rings. The SMILES string of the molecule is FCc1c(Br)cc(Br)c(F)c1F. The van der Waals surface area contributed by atoms with Crippen LogP contribution in [-0.4, -0.2) is 0 Å². The lowest BCUT2D eigenvalue weighted by Gasteiger charge is -2.03. The number of halogens is 5. The van der Waals surface area contributed by atoms with Crippen molar-refractivity contribution in [2.75, 3.05) is 0 Å². The van der Waals surface area contributed by atoms with E-state index in [1.165, 1.54) is 6.07 Å². The van der Waals surface area contributed by atoms with Crippen LogP contribution in [0.1, 0.15) is 5.56 Å². The molecule has 0 spiro atoms. The van der Waals surface area contributed by atoms with E-state index in [1.807, 2.05) is 0 Å². The van der Waals surface area contributed by atoms with Gasteiger partial charge in [-0.15, -0.1) is 0 Å². The third-order valence-electron chi connectivity index (χ3n) is 1.34. The molecule has 1 rings (SSSR count). The Kier molecular flexibility index (Phi) is 3.17. The summed E-state index contributed by atoms with van der Waals surface area (Å²) in [4.78, 5) is 0. The van der Waals surface area contributed by atoms with E-state index in [4.69, 9.17) is 0 Å². The zero-order valence-electron chi connectivity index (χ0n) is 5.67. The molecule has 0 aliphatic heterocycles. The second-order valence-corrected chi connectivity index (χ2v) is 3.79. The van der Waals surface area contributed by atoms with Crippen LogP contribution < -0.4 is 0 Å². The molecule has 0 nitrogen and oxygen atoms in total. The lowest BCUT2D eigenvalue weighted by molar-refractivity contribution is 0.437. The average Bonchev–Trinajstić information content (AvgIpc) is 2.01. The van der Waals surface area contributed by atoms with Gasteiger partial charge in [0.15, 0.2) is 11.6 Å². The number of alkyl halides is 1. The standard InChI is InChI=1S/C7H3Br2F3/c8-4-1-5(9)7(12)6(11)3(4)2-10/h1H,2H2. The Bertz CT molecular complexity index is 312. The van der Waals surface area contributed by atoms with Gasteiger partial charge in [-0.1, -0.05) is 15.9 Å². The van der Waals surface area contributed by atoms with Crippen molar-refractivity contribution in [1.82, 2.24) is 0 Å². The molecule has 0 atom stereocenters. The van der Waals surface area contributed by atoms with Crippen molar-refractivity contribution >= 4 is 31.9 Å². The zero-order valence-corrected chi connectivity index (χ0v) is 8.85. The third-order valence-corrected chi connectivity index (χ3v) is 2.63. The molecule has 66 valence electrons. The molecule has 1 aromatic carbocycles. The van der Waals surface area contributed by atoms with Gasteiger partial charge in [-0.3, -0.25) is 0 Å². The summed E-state index contributed by atoms with van der Waals surface area (Å²) >= 11 is 5.71. The predicted octanol–water partition coefficient (Wildman–Crippen LogP) is 3.96. The Hall–Kier alpha value is -0.0300. The van der Waals surface area contributed by atoms with Crippen molar-refractivity contribution in [2.24, 2.45) is 0 Å². The second-order valence-electron chi connectivity index (χ2n) is 2.08. The van der Waals surface area contributed by atoms with E-state index in [-0.39, 0.29) is 14.5 Å². The summed E-state index contributed by atoms with van der Waals surface area (Å²) < 4.78 is 37.9. The molecule has 1 aromatic rings. The molecule has 0 saturated heterocycles. The highest BCUT2D eigenvalue weighted by atomic mass is 79.9. The molecule has 0 radical (unpaired) electrons. The summed E-state index contributed by atoms with van der Waals surface area (Å²) in [6, 6.07) is 1.27. The van der Waals surface area contributed by atoms with E-state index in [2.05, 4.69) is 31.9 Å². The minimum Gasteiger partial charge on any atom is -0.246 e. The van der Waals surface area contributed by atoms with E-state index >= 15 is 0 Å². The quantitative estimate of drug-likeness (QED) is 0.544. The van der Waals surface area contributed by atoms with E-state index in [0.717, 1.165) is 0 Å². The van der Waals surface area contributed by atoms with Crippen LogP contribution in [0.5, 0.6) is 0 Å². The predicted molar refractivity (Wildman–Crippen MR) is 46.6 cm³/mol. The maximum absolute atomic E-state index is 12.8. The van der Waals surface area contributed by atoms with Gasteiger partial charge in [0.05, 0.1) is 4.47 Å². The number of benzene rings is 1. The Morgan fingerprint density at radius 1 is 1.08 bits per heavy atom. The van der Waals surface area contributed by atoms with Gasteiger partial charge >= 0.3 is 0 Å². The lowest BCUT2D eigenvalue weighted by atomic mass is 10.2. The minimum atomic E-state index is -1.15. The summed E-state index contributed by atoms with van der Waals surface area (Å²) in [5, 5.41) is 0. The zero-order chi connectivity index (χ0) is 9.30. The van der Waals surface area contributed by atoms with Gasteiger partial charge < -0.3 is 0 Å². The van der Waals surface area contributed by atoms with Crippen molar-refractivity contribution in [2.45, 2.75) is 6.67 Å². The molecule has 0 amide bonds. The molecule has 0 aliphatic carbocycles. The van der Waals surface area contributed by atoms with Crippen molar-refractivity contribution < 1.29 is 13.2 Å². The molecule has 0 unspecified atom stereocenters. The van der Waals surface area contributed by atoms with Crippen LogP contribution in [0.2, 0.25) is 0 Å². The van der Waals surface area contributed by atoms with Crippen LogP contribution in [0.15, 0.2) is 15.0 Å². The monoisotopic (exact) mass is 302 g/mol. The average molecular weight is 304 g/mol. The van der Waals surface area contributed by atoms with Gasteiger partial charge in [0.25, 0.3) is 0 Å². The number of hydrogen-bond donors (Lipinski definition) is 0. The van der Waals surface area contributed by atoms with Crippen molar-refractivity contribution in [3.05, 3.63) is 32.2 Å². The first kappa shape index (κ1) is 10.1. The van der Waals surface area contributed by atoms with Gasteiger partial charge in [0, 0.05) is 10.0 Å². The van der Waals surface area contributed by atoms with E-state index in [0.29, 0.717) is 0 Å². The first-order valence-electron chi connectivity index (χ1n) is 2.95. The molecule has 5 heteroatoms. The normalized spacial score (nSPS) is 10.4. The van der Waals surface area contributed by atoms with Gasteiger partial charge in [0.2, 0.25) is 0 Å². The topological polar surface area (TPSA) is 0 Å². The molecule has 0 bridgehead atoms. The molecule has 0 heterocycles. The van der Waals surface area contributed by atoms with Crippen LogP contribution in [0, 0.1) is 11.6 Å². The third kappa shape index (κ3) is 1.66. The number of rotatable bonds is 1. The highest BCUT2D eigenvalue weighted by molar-refractivity contribution is 9.11. The van der Waals surface area contributed by atoms with Gasteiger partial charge in [-0.25, -0.2) is 13.2 Å². The summed E-state index contributed by atoms with van der Waals surface area (Å²) in [5.74, 6) is -2.22. The summed E-state index contributed by atoms with van der Waals surface area (Å²) in [6.07, 6.45) is 0. The molecule has 0 N–H and O–H groups in total. The Morgan fingerprint density at radius 3 is 2.17 bits per heavy atom. The molecular formula is C7H3Br2F3. The van der Waals surface area contributed by atoms with E-state index in [1.54, 1.807) is 0 Å². The fourth-order valence-electron chi connectivity index (χ4n) is 0.726. The summed E-state index contributed by atoms with van der Waals surface area (Å²) in [5.41, 5.74) is -0.296. The van der Waals surface area contributed by atoms with Crippen molar-refractivity contribution in [1.29, 1.82) is 0 Å². The largest absolute Gasteiger partial charge is 0.246 e. The van der Waals surface area contributed by atoms with Crippen LogP contribution in [-0.2, 0) is 6.67 Å². The molecular weight excluding hydrogens is 301 g/mol. The Morgan fingerprint density at radius 2 is 1.67 bits per heavy atom. The fraction of sp³-hybridized carbons (Fsp3) is 0.143. The van der Waals surface area contributed by atoms with Crippen LogP contribution in [0.4, 0.5) is 13.2 Å². The first-order chi connectivity index (χ1) is 5.57. The highest BCUT2D eigenvalue weighted by Crippen LogP contribution is 2.28. The van der Waals surface area contributed by atoms with Gasteiger partial charge in [0.1, 0.15) is 6.67 Å². The van der Waals surface area contributed by atoms with Crippen molar-refractivity contribution in [3.63, 3.8) is 0 Å². The highest BCUT2D eigenvalue weighted by Gasteiger charge is 2.15. The van der Waals surface area contributed by atoms with E-state index < -0.39 is 18.3 Å². The Balaban J connectivity index is 3.40. The Labute approximate surface area is 84.0 Å². The fourth-order valence-corrected chi connectivity index (χ4v) is 1.95. The maximum atomic E-state index is 12.8. The van der Waals surface area contributed by atoms with E-state index in [9.17, 15) is 13.2 Å². The van der Waals surface area contributed by atoms with Crippen molar-refractivity contribution in [3.8, 4) is 0 Å². The van der Waals surface area contributed by atoms with Crippen LogP contribution >= 0.6 is 31.9 Å². The second kappa shape index (κ2) is 3.79. The van der Waals surface area contributed by atoms with Gasteiger partial charge in [-0.2, -0.15) is 0 Å². The lowest BCUT2D eigenvalue weighted by Crippen LogP contribution is -1.94. The minimum absolute atomic E-state index is 0.0240. The molecule has 12 heavy (non-hydrogen) atoms. The summed E-state index contributed by atoms with van der Waals surface area (Å²) in [6.45, 7) is -1.03.